The number of carbonyl (C=O) groups is 1. The number of carboxylic acid groups (broad SMARTS) is 1. The zero-order valence-corrected chi connectivity index (χ0v) is 11.4. The van der Waals surface area contributed by atoms with Crippen molar-refractivity contribution in [2.45, 2.75) is 0 Å². The second-order valence-electron chi connectivity index (χ2n) is 4.17. The van der Waals surface area contributed by atoms with Crippen molar-refractivity contribution in [2.24, 2.45) is 0 Å². The molecule has 1 aromatic carbocycles. The first kappa shape index (κ1) is 14.7. The van der Waals surface area contributed by atoms with Gasteiger partial charge in [-0.05, 0) is 18.2 Å². The molecule has 7 heteroatoms. The van der Waals surface area contributed by atoms with Crippen LogP contribution in [0.25, 0.3) is 11.3 Å². The molecule has 0 radical (unpaired) electrons. The Hall–Kier alpha value is -2.67. The quantitative estimate of drug-likeness (QED) is 0.775. The van der Waals surface area contributed by atoms with E-state index in [4.69, 9.17) is 20.3 Å². The number of aromatic carboxylic acids is 1. The number of nitrogens with zero attached hydrogens (tertiary/aromatic N) is 2. The number of benzene rings is 1. The standard InChI is InChI=1S/C14H15N3O4/c1-20-5-6-21-10-4-2-3-9(7-10)11-8-12(13(18)19)17-14(15)16-11/h2-4,7-8H,5-6H2,1H3,(H,18,19)(H2,15,16,17). The monoisotopic (exact) mass is 289 g/mol. The molecule has 0 fully saturated rings. The molecule has 7 nitrogen and oxygen atoms in total. The number of carboxylic acids is 1. The van der Waals surface area contributed by atoms with E-state index >= 15 is 0 Å². The molecule has 0 saturated carbocycles. The normalized spacial score (nSPS) is 10.3. The Labute approximate surface area is 121 Å². The van der Waals surface area contributed by atoms with Crippen molar-refractivity contribution in [3.63, 3.8) is 0 Å². The van der Waals surface area contributed by atoms with E-state index in [9.17, 15) is 4.79 Å². The summed E-state index contributed by atoms with van der Waals surface area (Å²) in [5.74, 6) is -0.605. The van der Waals surface area contributed by atoms with Gasteiger partial charge in [-0.25, -0.2) is 14.8 Å². The number of hydrogen-bond donors (Lipinski definition) is 2. The van der Waals surface area contributed by atoms with E-state index in [-0.39, 0.29) is 11.6 Å². The van der Waals surface area contributed by atoms with Gasteiger partial charge in [0.15, 0.2) is 5.69 Å². The average molecular weight is 289 g/mol. The van der Waals surface area contributed by atoms with Gasteiger partial charge in [-0.15, -0.1) is 0 Å². The third kappa shape index (κ3) is 3.90. The highest BCUT2D eigenvalue weighted by molar-refractivity contribution is 5.87. The topological polar surface area (TPSA) is 108 Å². The predicted octanol–water partition coefficient (Wildman–Crippen LogP) is 1.45. The first-order valence-electron chi connectivity index (χ1n) is 6.20. The number of nitrogens with two attached hydrogens (primary N) is 1. The minimum atomic E-state index is -1.15. The fourth-order valence-corrected chi connectivity index (χ4v) is 1.71. The van der Waals surface area contributed by atoms with E-state index in [0.29, 0.717) is 30.2 Å². The van der Waals surface area contributed by atoms with Gasteiger partial charge in [-0.3, -0.25) is 0 Å². The number of aromatic nitrogens is 2. The molecule has 0 unspecified atom stereocenters. The number of ether oxygens (including phenoxy) is 2. The highest BCUT2D eigenvalue weighted by Gasteiger charge is 2.10. The Morgan fingerprint density at radius 2 is 2.10 bits per heavy atom. The van der Waals surface area contributed by atoms with Gasteiger partial charge in [0, 0.05) is 12.7 Å². The third-order valence-electron chi connectivity index (χ3n) is 2.65. The highest BCUT2D eigenvalue weighted by atomic mass is 16.5. The van der Waals surface area contributed by atoms with Crippen LogP contribution < -0.4 is 10.5 Å². The van der Waals surface area contributed by atoms with E-state index in [1.165, 1.54) is 6.07 Å². The van der Waals surface area contributed by atoms with Gasteiger partial charge < -0.3 is 20.3 Å². The van der Waals surface area contributed by atoms with Gasteiger partial charge in [0.1, 0.15) is 12.4 Å². The zero-order chi connectivity index (χ0) is 15.2. The fraction of sp³-hybridized carbons (Fsp3) is 0.214. The van der Waals surface area contributed by atoms with Crippen LogP contribution in [-0.4, -0.2) is 41.4 Å². The maximum absolute atomic E-state index is 11.0. The lowest BCUT2D eigenvalue weighted by molar-refractivity contribution is 0.0690. The molecule has 0 atom stereocenters. The molecule has 0 aliphatic heterocycles. The summed E-state index contributed by atoms with van der Waals surface area (Å²) < 4.78 is 10.4. The van der Waals surface area contributed by atoms with E-state index in [1.807, 2.05) is 0 Å². The Kier molecular flexibility index (Phi) is 4.68. The molecule has 110 valence electrons. The second-order valence-corrected chi connectivity index (χ2v) is 4.17. The summed E-state index contributed by atoms with van der Waals surface area (Å²) in [6, 6.07) is 8.49. The third-order valence-corrected chi connectivity index (χ3v) is 2.65. The van der Waals surface area contributed by atoms with Crippen LogP contribution in [-0.2, 0) is 4.74 Å². The summed E-state index contributed by atoms with van der Waals surface area (Å²) in [6.45, 7) is 0.903. The Bertz CT molecular complexity index is 646. The molecule has 3 N–H and O–H groups in total. The predicted molar refractivity (Wildman–Crippen MR) is 76.2 cm³/mol. The van der Waals surface area contributed by atoms with Crippen molar-refractivity contribution in [1.29, 1.82) is 0 Å². The lowest BCUT2D eigenvalue weighted by Crippen LogP contribution is -2.06. The summed E-state index contributed by atoms with van der Waals surface area (Å²) in [4.78, 5) is 18.7. The number of anilines is 1. The molecule has 21 heavy (non-hydrogen) atoms. The van der Waals surface area contributed by atoms with Crippen LogP contribution in [0.4, 0.5) is 5.95 Å². The van der Waals surface area contributed by atoms with Crippen molar-refractivity contribution in [1.82, 2.24) is 9.97 Å². The Balaban J connectivity index is 2.29. The summed E-state index contributed by atoms with van der Waals surface area (Å²) in [5.41, 5.74) is 6.51. The second kappa shape index (κ2) is 6.67. The van der Waals surface area contributed by atoms with Crippen molar-refractivity contribution < 1.29 is 19.4 Å². The average Bonchev–Trinajstić information content (AvgIpc) is 2.47. The van der Waals surface area contributed by atoms with Crippen LogP contribution >= 0.6 is 0 Å². The van der Waals surface area contributed by atoms with Gasteiger partial charge in [0.2, 0.25) is 5.95 Å². The molecule has 0 saturated heterocycles. The van der Waals surface area contributed by atoms with Crippen LogP contribution in [0.2, 0.25) is 0 Å². The summed E-state index contributed by atoms with van der Waals surface area (Å²) in [6.07, 6.45) is 0. The maximum Gasteiger partial charge on any atom is 0.354 e. The molecule has 1 heterocycles. The van der Waals surface area contributed by atoms with E-state index in [1.54, 1.807) is 31.4 Å². The molecule has 2 rings (SSSR count). The minimum Gasteiger partial charge on any atom is -0.491 e. The van der Waals surface area contributed by atoms with Crippen LogP contribution in [0.1, 0.15) is 10.5 Å². The fourth-order valence-electron chi connectivity index (χ4n) is 1.71. The highest BCUT2D eigenvalue weighted by Crippen LogP contribution is 2.23. The Morgan fingerprint density at radius 1 is 1.29 bits per heavy atom. The van der Waals surface area contributed by atoms with Gasteiger partial charge in [-0.1, -0.05) is 12.1 Å². The molecule has 1 aromatic heterocycles. The summed E-state index contributed by atoms with van der Waals surface area (Å²) in [5, 5.41) is 8.99. The van der Waals surface area contributed by atoms with Gasteiger partial charge in [0.25, 0.3) is 0 Å². The van der Waals surface area contributed by atoms with Crippen molar-refractivity contribution in [2.75, 3.05) is 26.1 Å². The maximum atomic E-state index is 11.0. The van der Waals surface area contributed by atoms with Crippen molar-refractivity contribution in [3.8, 4) is 17.0 Å². The first-order valence-corrected chi connectivity index (χ1v) is 6.20. The van der Waals surface area contributed by atoms with Gasteiger partial charge in [0.05, 0.1) is 12.3 Å². The lowest BCUT2D eigenvalue weighted by atomic mass is 10.1. The van der Waals surface area contributed by atoms with Crippen molar-refractivity contribution >= 4 is 11.9 Å². The zero-order valence-electron chi connectivity index (χ0n) is 11.4. The van der Waals surface area contributed by atoms with Crippen LogP contribution in [0.15, 0.2) is 30.3 Å². The first-order chi connectivity index (χ1) is 10.1. The van der Waals surface area contributed by atoms with Gasteiger partial charge in [-0.2, -0.15) is 0 Å². The number of hydrogen-bond acceptors (Lipinski definition) is 6. The molecule has 0 amide bonds. The summed E-state index contributed by atoms with van der Waals surface area (Å²) in [7, 11) is 1.59. The number of rotatable bonds is 6. The molecule has 0 bridgehead atoms. The SMILES string of the molecule is COCCOc1cccc(-c2cc(C(=O)O)nc(N)n2)c1. The molecule has 2 aromatic rings. The number of nitrogen functional groups attached to an aromatic ring is 1. The van der Waals surface area contributed by atoms with E-state index < -0.39 is 5.97 Å². The molecule has 0 spiro atoms. The largest absolute Gasteiger partial charge is 0.491 e. The van der Waals surface area contributed by atoms with E-state index in [0.717, 1.165) is 0 Å². The smallest absolute Gasteiger partial charge is 0.354 e. The summed E-state index contributed by atoms with van der Waals surface area (Å²) >= 11 is 0. The van der Waals surface area contributed by atoms with Crippen LogP contribution in [0.3, 0.4) is 0 Å². The Morgan fingerprint density at radius 3 is 2.81 bits per heavy atom. The van der Waals surface area contributed by atoms with Crippen LogP contribution in [0.5, 0.6) is 5.75 Å². The molecular weight excluding hydrogens is 274 g/mol. The lowest BCUT2D eigenvalue weighted by Gasteiger charge is -2.08. The molecule has 0 aliphatic rings. The van der Waals surface area contributed by atoms with Gasteiger partial charge >= 0.3 is 5.97 Å². The molecule has 0 aliphatic carbocycles. The van der Waals surface area contributed by atoms with E-state index in [2.05, 4.69) is 9.97 Å². The molecular formula is C14H15N3O4. The van der Waals surface area contributed by atoms with Crippen LogP contribution in [0, 0.1) is 0 Å². The number of methoxy groups -OCH3 is 1. The van der Waals surface area contributed by atoms with Crippen molar-refractivity contribution in [3.05, 3.63) is 36.0 Å². The minimum absolute atomic E-state index is 0.0874.